The van der Waals surface area contributed by atoms with Crippen LogP contribution < -0.4 is 0 Å². The minimum absolute atomic E-state index is 0.859. The van der Waals surface area contributed by atoms with Crippen LogP contribution in [0, 0.1) is 17.8 Å². The average molecular weight is 137 g/mol. The van der Waals surface area contributed by atoms with Crippen LogP contribution in [0.15, 0.2) is 4.99 Å². The fourth-order valence-corrected chi connectivity index (χ4v) is 2.61. The van der Waals surface area contributed by atoms with Gasteiger partial charge in [0.2, 0.25) is 0 Å². The Bertz CT molecular complexity index is 151. The maximum absolute atomic E-state index is 4.09. The van der Waals surface area contributed by atoms with Crippen LogP contribution in [0.5, 0.6) is 0 Å². The second kappa shape index (κ2) is 2.37. The summed E-state index contributed by atoms with van der Waals surface area (Å²) in [5.41, 5.74) is 0. The predicted octanol–water partition coefficient (Wildman–Crippen LogP) is 2.12. The molecule has 10 heavy (non-hydrogen) atoms. The Balaban J connectivity index is 1.94. The maximum Gasteiger partial charge on any atom is 0.0273 e. The lowest BCUT2D eigenvalue weighted by Crippen LogP contribution is -2.33. The van der Waals surface area contributed by atoms with E-state index in [0.717, 1.165) is 17.8 Å². The predicted molar refractivity (Wildman–Crippen MR) is 43.4 cm³/mol. The molecule has 3 unspecified atom stereocenters. The summed E-state index contributed by atoms with van der Waals surface area (Å²) < 4.78 is 0. The van der Waals surface area contributed by atoms with E-state index in [2.05, 4.69) is 11.2 Å². The maximum atomic E-state index is 4.09. The molecule has 0 saturated heterocycles. The summed E-state index contributed by atoms with van der Waals surface area (Å²) in [6.45, 7) is 0. The zero-order valence-corrected chi connectivity index (χ0v) is 6.59. The van der Waals surface area contributed by atoms with E-state index in [1.165, 1.54) is 25.7 Å². The van der Waals surface area contributed by atoms with Crippen molar-refractivity contribution in [1.29, 1.82) is 0 Å². The molecular formula is C9H15N. The van der Waals surface area contributed by atoms with Crippen molar-refractivity contribution in [2.45, 2.75) is 25.7 Å². The van der Waals surface area contributed by atoms with Gasteiger partial charge in [-0.1, -0.05) is 12.8 Å². The van der Waals surface area contributed by atoms with Gasteiger partial charge in [-0.3, -0.25) is 0 Å². The number of nitrogens with zero attached hydrogens (tertiary/aromatic N) is 1. The van der Waals surface area contributed by atoms with Crippen molar-refractivity contribution in [2.24, 2.45) is 22.7 Å². The molecule has 0 amide bonds. The molecule has 2 aliphatic rings. The summed E-state index contributed by atoms with van der Waals surface area (Å²) in [6, 6.07) is 0. The zero-order valence-electron chi connectivity index (χ0n) is 6.59. The molecule has 0 bridgehead atoms. The van der Waals surface area contributed by atoms with E-state index in [-0.39, 0.29) is 0 Å². The monoisotopic (exact) mass is 137 g/mol. The van der Waals surface area contributed by atoms with Gasteiger partial charge in [-0.25, -0.2) is 0 Å². The molecule has 1 nitrogen and oxygen atoms in total. The van der Waals surface area contributed by atoms with E-state index in [9.17, 15) is 0 Å². The minimum atomic E-state index is 0.859. The molecule has 2 saturated carbocycles. The van der Waals surface area contributed by atoms with E-state index < -0.39 is 0 Å². The van der Waals surface area contributed by atoms with Crippen molar-refractivity contribution in [2.75, 3.05) is 7.05 Å². The number of hydrogen-bond donors (Lipinski definition) is 0. The highest BCUT2D eigenvalue weighted by Crippen LogP contribution is 2.50. The van der Waals surface area contributed by atoms with Crippen LogP contribution >= 0.6 is 0 Å². The van der Waals surface area contributed by atoms with Crippen LogP contribution in [0.25, 0.3) is 0 Å². The Morgan fingerprint density at radius 3 is 3.00 bits per heavy atom. The highest BCUT2D eigenvalue weighted by molar-refractivity contribution is 5.62. The van der Waals surface area contributed by atoms with E-state index in [1.54, 1.807) is 0 Å². The summed E-state index contributed by atoms with van der Waals surface area (Å²) in [5.74, 6) is 2.98. The average Bonchev–Trinajstić information content (AvgIpc) is 2.26. The lowest BCUT2D eigenvalue weighted by atomic mass is 9.67. The third-order valence-corrected chi connectivity index (χ3v) is 3.18. The van der Waals surface area contributed by atoms with E-state index in [0.29, 0.717) is 0 Å². The van der Waals surface area contributed by atoms with Gasteiger partial charge in [0.05, 0.1) is 0 Å². The molecule has 0 aromatic rings. The third kappa shape index (κ3) is 0.799. The fourth-order valence-electron chi connectivity index (χ4n) is 2.61. The van der Waals surface area contributed by atoms with Crippen LogP contribution in [0.1, 0.15) is 25.7 Å². The summed E-state index contributed by atoms with van der Waals surface area (Å²) >= 11 is 0. The fraction of sp³-hybridized carbons (Fsp3) is 0.889. The van der Waals surface area contributed by atoms with Crippen molar-refractivity contribution in [3.8, 4) is 0 Å². The molecule has 0 aromatic heterocycles. The summed E-state index contributed by atoms with van der Waals surface area (Å²) in [4.78, 5) is 4.09. The van der Waals surface area contributed by atoms with Crippen LogP contribution in [0.2, 0.25) is 0 Å². The van der Waals surface area contributed by atoms with Gasteiger partial charge in [-0.2, -0.15) is 0 Å². The van der Waals surface area contributed by atoms with Gasteiger partial charge in [0.1, 0.15) is 0 Å². The normalized spacial score (nSPS) is 45.5. The van der Waals surface area contributed by atoms with E-state index in [1.807, 2.05) is 7.05 Å². The first-order chi connectivity index (χ1) is 4.92. The van der Waals surface area contributed by atoms with Crippen LogP contribution in [0.3, 0.4) is 0 Å². The Morgan fingerprint density at radius 1 is 1.40 bits per heavy atom. The summed E-state index contributed by atoms with van der Waals surface area (Å²) in [7, 11) is 1.89. The Hall–Kier alpha value is -0.330. The van der Waals surface area contributed by atoms with Gasteiger partial charge in [0, 0.05) is 13.3 Å². The molecule has 0 aromatic carbocycles. The van der Waals surface area contributed by atoms with Crippen molar-refractivity contribution in [3.05, 3.63) is 0 Å². The molecule has 0 heterocycles. The number of hydrogen-bond acceptors (Lipinski definition) is 1. The highest BCUT2D eigenvalue weighted by Gasteiger charge is 2.42. The molecule has 56 valence electrons. The lowest BCUT2D eigenvalue weighted by Gasteiger charge is -2.38. The van der Waals surface area contributed by atoms with Gasteiger partial charge in [-0.15, -0.1) is 0 Å². The zero-order chi connectivity index (χ0) is 6.97. The Labute approximate surface area is 62.5 Å². The SMILES string of the molecule is CN=CC1CC2CCCC12. The van der Waals surface area contributed by atoms with Crippen LogP contribution in [-0.2, 0) is 0 Å². The largest absolute Gasteiger partial charge is 0.301 e. The molecule has 0 aliphatic heterocycles. The Kier molecular flexibility index (Phi) is 1.51. The first-order valence-corrected chi connectivity index (χ1v) is 4.34. The molecule has 0 radical (unpaired) electrons. The topological polar surface area (TPSA) is 12.4 Å². The minimum Gasteiger partial charge on any atom is -0.301 e. The van der Waals surface area contributed by atoms with Gasteiger partial charge < -0.3 is 4.99 Å². The molecule has 2 rings (SSSR count). The highest BCUT2D eigenvalue weighted by atomic mass is 14.7. The molecule has 0 spiro atoms. The van der Waals surface area contributed by atoms with Crippen molar-refractivity contribution < 1.29 is 0 Å². The third-order valence-electron chi connectivity index (χ3n) is 3.18. The van der Waals surface area contributed by atoms with E-state index >= 15 is 0 Å². The molecular weight excluding hydrogens is 122 g/mol. The van der Waals surface area contributed by atoms with Gasteiger partial charge in [0.15, 0.2) is 0 Å². The second-order valence-corrected chi connectivity index (χ2v) is 3.66. The van der Waals surface area contributed by atoms with Crippen molar-refractivity contribution >= 4 is 6.21 Å². The molecule has 1 heteroatoms. The van der Waals surface area contributed by atoms with Crippen LogP contribution in [-0.4, -0.2) is 13.3 Å². The lowest BCUT2D eigenvalue weighted by molar-refractivity contribution is 0.165. The summed E-state index contributed by atoms with van der Waals surface area (Å²) in [6.07, 6.45) is 8.04. The Morgan fingerprint density at radius 2 is 2.30 bits per heavy atom. The number of aliphatic imine (C=N–C) groups is 1. The van der Waals surface area contributed by atoms with E-state index in [4.69, 9.17) is 0 Å². The standard InChI is InChI=1S/C9H15N/c1-10-6-8-5-7-3-2-4-9(7)8/h6-9H,2-5H2,1H3. The van der Waals surface area contributed by atoms with Crippen molar-refractivity contribution in [3.63, 3.8) is 0 Å². The van der Waals surface area contributed by atoms with Crippen molar-refractivity contribution in [1.82, 2.24) is 0 Å². The van der Waals surface area contributed by atoms with Gasteiger partial charge in [-0.05, 0) is 30.6 Å². The van der Waals surface area contributed by atoms with Gasteiger partial charge >= 0.3 is 0 Å². The van der Waals surface area contributed by atoms with Crippen LogP contribution in [0.4, 0.5) is 0 Å². The smallest absolute Gasteiger partial charge is 0.0273 e. The first-order valence-electron chi connectivity index (χ1n) is 4.34. The quantitative estimate of drug-likeness (QED) is 0.491. The first kappa shape index (κ1) is 6.38. The molecule has 2 aliphatic carbocycles. The molecule has 2 fully saturated rings. The number of rotatable bonds is 1. The second-order valence-electron chi connectivity index (χ2n) is 3.66. The number of fused-ring (bicyclic) bond motifs is 1. The molecule has 3 atom stereocenters. The molecule has 0 N–H and O–H groups in total. The van der Waals surface area contributed by atoms with Gasteiger partial charge in [0.25, 0.3) is 0 Å². The summed E-state index contributed by atoms with van der Waals surface area (Å²) in [5, 5.41) is 0.